The van der Waals surface area contributed by atoms with Gasteiger partial charge in [-0.2, -0.15) is 0 Å². The van der Waals surface area contributed by atoms with Crippen molar-refractivity contribution in [2.24, 2.45) is 5.73 Å². The Bertz CT molecular complexity index is 959. The highest BCUT2D eigenvalue weighted by molar-refractivity contribution is 5.94. The number of benzene rings is 1. The first-order chi connectivity index (χ1) is 17.7. The fraction of sp³-hybridized carbons (Fsp3) is 0.643. The first-order valence-electron chi connectivity index (χ1n) is 13.4. The van der Waals surface area contributed by atoms with Crippen molar-refractivity contribution in [2.75, 3.05) is 6.54 Å². The molecule has 0 aliphatic carbocycles. The average molecular weight is 535 g/mol. The number of nitrogens with zero attached hydrogens (tertiary/aromatic N) is 1. The van der Waals surface area contributed by atoms with Gasteiger partial charge in [-0.15, -0.1) is 0 Å². The highest BCUT2D eigenvalue weighted by Crippen LogP contribution is 2.28. The summed E-state index contributed by atoms with van der Waals surface area (Å²) in [4.78, 5) is 53.5. The van der Waals surface area contributed by atoms with Gasteiger partial charge in [0.1, 0.15) is 23.4 Å². The average Bonchev–Trinajstić information content (AvgIpc) is 2.78. The van der Waals surface area contributed by atoms with Gasteiger partial charge in [0.15, 0.2) is 0 Å². The number of hydrogen-bond acceptors (Lipinski definition) is 6. The van der Waals surface area contributed by atoms with Crippen LogP contribution in [0.25, 0.3) is 0 Å². The smallest absolute Gasteiger partial charge is 0.408 e. The molecule has 0 saturated heterocycles. The third-order valence-electron chi connectivity index (χ3n) is 5.89. The van der Waals surface area contributed by atoms with Crippen LogP contribution in [0.2, 0.25) is 0 Å². The Kier molecular flexibility index (Phi) is 13.1. The molecule has 0 saturated carbocycles. The Morgan fingerprint density at radius 1 is 1.08 bits per heavy atom. The van der Waals surface area contributed by atoms with Crippen LogP contribution in [0.15, 0.2) is 18.2 Å². The van der Waals surface area contributed by atoms with Crippen LogP contribution < -0.4 is 16.4 Å². The summed E-state index contributed by atoms with van der Waals surface area (Å²) in [6, 6.07) is 2.21. The summed E-state index contributed by atoms with van der Waals surface area (Å²) in [5.74, 6) is -1.74. The maximum atomic E-state index is 14.0. The van der Waals surface area contributed by atoms with Crippen LogP contribution in [0.3, 0.4) is 0 Å². The fourth-order valence-electron chi connectivity index (χ4n) is 4.10. The number of phenolic OH excluding ortho intramolecular Hbond substituents is 1. The summed E-state index contributed by atoms with van der Waals surface area (Å²) in [6.07, 6.45) is 2.57. The first-order valence-corrected chi connectivity index (χ1v) is 13.4. The molecule has 0 heterocycles. The van der Waals surface area contributed by atoms with Crippen molar-refractivity contribution in [3.05, 3.63) is 29.3 Å². The third-order valence-corrected chi connectivity index (χ3v) is 5.89. The number of unbranched alkanes of at least 4 members (excludes halogenated alkanes) is 2. The van der Waals surface area contributed by atoms with Crippen molar-refractivity contribution in [1.29, 1.82) is 0 Å². The summed E-state index contributed by atoms with van der Waals surface area (Å²) in [7, 11) is 0. The second kappa shape index (κ2) is 15.2. The van der Waals surface area contributed by atoms with E-state index in [9.17, 15) is 24.3 Å². The molecular weight excluding hydrogens is 488 g/mol. The normalized spacial score (nSPS) is 13.7. The lowest BCUT2D eigenvalue weighted by atomic mass is 9.98. The van der Waals surface area contributed by atoms with E-state index in [1.165, 1.54) is 11.0 Å². The molecular formula is C28H46N4O6. The summed E-state index contributed by atoms with van der Waals surface area (Å²) in [6.45, 7) is 12.9. The third kappa shape index (κ3) is 11.0. The zero-order valence-corrected chi connectivity index (χ0v) is 23.9. The van der Waals surface area contributed by atoms with Gasteiger partial charge < -0.3 is 31.1 Å². The number of amides is 4. The Balaban J connectivity index is 3.56. The van der Waals surface area contributed by atoms with Crippen molar-refractivity contribution >= 4 is 23.8 Å². The second-order valence-electron chi connectivity index (χ2n) is 10.8. The number of alkyl carbamates (subject to hydrolysis) is 1. The molecule has 214 valence electrons. The van der Waals surface area contributed by atoms with Crippen LogP contribution in [0, 0.1) is 6.92 Å². The molecule has 4 amide bonds. The van der Waals surface area contributed by atoms with Gasteiger partial charge in [-0.3, -0.25) is 14.4 Å². The van der Waals surface area contributed by atoms with Crippen molar-refractivity contribution in [1.82, 2.24) is 15.5 Å². The molecule has 3 atom stereocenters. The van der Waals surface area contributed by atoms with Crippen LogP contribution in [0.5, 0.6) is 5.75 Å². The maximum Gasteiger partial charge on any atom is 0.408 e. The zero-order valence-electron chi connectivity index (χ0n) is 23.9. The number of rotatable bonds is 14. The molecule has 0 bridgehead atoms. The number of aromatic hydroxyl groups is 1. The van der Waals surface area contributed by atoms with Gasteiger partial charge >= 0.3 is 6.09 Å². The molecule has 0 radical (unpaired) electrons. The molecule has 0 aliphatic heterocycles. The standard InChI is InChI=1S/C28H46N4O6/c1-8-10-11-15-32(26(36)21(17-23(29)34)31-27(37)38-28(5,6)7)24(25(35)30-19(4)12-9-2)20-13-14-22(33)18(3)16-20/h13-14,16,19,21,24,33H,8-12,15,17H2,1-7H3,(H2,29,34)(H,30,35)(H,31,37). The monoisotopic (exact) mass is 534 g/mol. The van der Waals surface area contributed by atoms with E-state index in [2.05, 4.69) is 10.6 Å². The number of nitrogens with one attached hydrogen (secondary N) is 2. The van der Waals surface area contributed by atoms with Gasteiger partial charge in [0.2, 0.25) is 17.7 Å². The molecule has 0 aromatic heterocycles. The lowest BCUT2D eigenvalue weighted by molar-refractivity contribution is -0.143. The molecule has 0 fully saturated rings. The minimum atomic E-state index is -1.33. The van der Waals surface area contributed by atoms with E-state index in [1.807, 2.05) is 20.8 Å². The number of hydrogen-bond donors (Lipinski definition) is 4. The van der Waals surface area contributed by atoms with Crippen LogP contribution in [-0.2, 0) is 19.1 Å². The Labute approximate surface area is 226 Å². The van der Waals surface area contributed by atoms with E-state index in [1.54, 1.807) is 39.8 Å². The predicted octanol–water partition coefficient (Wildman–Crippen LogP) is 3.83. The molecule has 0 spiro atoms. The van der Waals surface area contributed by atoms with Crippen molar-refractivity contribution < 1.29 is 29.0 Å². The summed E-state index contributed by atoms with van der Waals surface area (Å²) in [5, 5.41) is 15.6. The molecule has 1 aromatic rings. The quantitative estimate of drug-likeness (QED) is 0.266. The van der Waals surface area contributed by atoms with Gasteiger partial charge in [0.25, 0.3) is 0 Å². The van der Waals surface area contributed by atoms with Crippen molar-refractivity contribution in [3.63, 3.8) is 0 Å². The van der Waals surface area contributed by atoms with E-state index in [4.69, 9.17) is 10.5 Å². The number of carbonyl (C=O) groups excluding carboxylic acids is 4. The fourth-order valence-corrected chi connectivity index (χ4v) is 4.10. The lowest BCUT2D eigenvalue weighted by Gasteiger charge is -2.35. The number of nitrogens with two attached hydrogens (primary N) is 1. The maximum absolute atomic E-state index is 14.0. The number of aryl methyl sites for hydroxylation is 1. The van der Waals surface area contributed by atoms with Crippen LogP contribution >= 0.6 is 0 Å². The van der Waals surface area contributed by atoms with Gasteiger partial charge in [0.05, 0.1) is 6.42 Å². The molecule has 38 heavy (non-hydrogen) atoms. The van der Waals surface area contributed by atoms with E-state index in [-0.39, 0.29) is 18.3 Å². The first kappa shape index (κ1) is 32.7. The summed E-state index contributed by atoms with van der Waals surface area (Å²) >= 11 is 0. The minimum Gasteiger partial charge on any atom is -0.508 e. The Hall–Kier alpha value is -3.30. The number of ether oxygens (including phenoxy) is 1. The van der Waals surface area contributed by atoms with Gasteiger partial charge in [-0.05, 0) is 70.7 Å². The minimum absolute atomic E-state index is 0.0642. The highest BCUT2D eigenvalue weighted by Gasteiger charge is 2.37. The van der Waals surface area contributed by atoms with E-state index in [0.717, 1.165) is 25.7 Å². The van der Waals surface area contributed by atoms with E-state index >= 15 is 0 Å². The molecule has 0 aliphatic rings. The summed E-state index contributed by atoms with van der Waals surface area (Å²) < 4.78 is 5.30. The molecule has 10 nitrogen and oxygen atoms in total. The Morgan fingerprint density at radius 3 is 2.26 bits per heavy atom. The van der Waals surface area contributed by atoms with E-state index < -0.39 is 47.9 Å². The SMILES string of the molecule is CCCCCN(C(=O)C(CC(N)=O)NC(=O)OC(C)(C)C)C(C(=O)NC(C)CCC)c1ccc(O)c(C)c1. The number of carbonyl (C=O) groups is 4. The molecule has 1 aromatic carbocycles. The highest BCUT2D eigenvalue weighted by atomic mass is 16.6. The van der Waals surface area contributed by atoms with E-state index in [0.29, 0.717) is 17.5 Å². The molecule has 5 N–H and O–H groups in total. The van der Waals surface area contributed by atoms with Crippen LogP contribution in [0.4, 0.5) is 4.79 Å². The van der Waals surface area contributed by atoms with Crippen molar-refractivity contribution in [3.8, 4) is 5.75 Å². The second-order valence-corrected chi connectivity index (χ2v) is 10.8. The lowest BCUT2D eigenvalue weighted by Crippen LogP contribution is -2.54. The van der Waals surface area contributed by atoms with Gasteiger partial charge in [-0.25, -0.2) is 4.79 Å². The zero-order chi connectivity index (χ0) is 29.0. The molecule has 1 rings (SSSR count). The largest absolute Gasteiger partial charge is 0.508 e. The topological polar surface area (TPSA) is 151 Å². The molecule has 10 heteroatoms. The van der Waals surface area contributed by atoms with Crippen LogP contribution in [0.1, 0.15) is 97.2 Å². The Morgan fingerprint density at radius 2 is 1.74 bits per heavy atom. The van der Waals surface area contributed by atoms with Crippen molar-refractivity contribution in [2.45, 2.75) is 111 Å². The van der Waals surface area contributed by atoms with Gasteiger partial charge in [0, 0.05) is 12.6 Å². The number of primary amides is 1. The summed E-state index contributed by atoms with van der Waals surface area (Å²) in [5.41, 5.74) is 5.65. The van der Waals surface area contributed by atoms with Gasteiger partial charge in [-0.1, -0.05) is 39.2 Å². The predicted molar refractivity (Wildman–Crippen MR) is 146 cm³/mol. The van der Waals surface area contributed by atoms with Crippen LogP contribution in [-0.4, -0.2) is 58.1 Å². The number of phenols is 1. The molecule has 3 unspecified atom stereocenters.